The van der Waals surface area contributed by atoms with E-state index in [1.165, 1.54) is 48.5 Å². The third-order valence-electron chi connectivity index (χ3n) is 3.05. The molecule has 0 saturated carbocycles. The lowest BCUT2D eigenvalue weighted by molar-refractivity contribution is -0.384. The van der Waals surface area contributed by atoms with E-state index in [9.17, 15) is 19.7 Å². The van der Waals surface area contributed by atoms with Gasteiger partial charge in [0.25, 0.3) is 5.69 Å². The Kier molecular flexibility index (Phi) is 5.62. The van der Waals surface area contributed by atoms with Gasteiger partial charge in [0.15, 0.2) is 0 Å². The summed E-state index contributed by atoms with van der Waals surface area (Å²) in [7, 11) is 0. The zero-order chi connectivity index (χ0) is 17.5. The number of nitrogens with zero attached hydrogens (tertiary/aromatic N) is 1. The van der Waals surface area contributed by atoms with E-state index in [0.29, 0.717) is 12.2 Å². The number of hydrogen-bond acceptors (Lipinski definition) is 6. The third-order valence-corrected chi connectivity index (χ3v) is 3.05. The van der Waals surface area contributed by atoms with Crippen molar-refractivity contribution in [1.29, 1.82) is 0 Å². The Bertz CT molecular complexity index is 737. The van der Waals surface area contributed by atoms with E-state index in [1.807, 2.05) is 6.92 Å². The van der Waals surface area contributed by atoms with Gasteiger partial charge in [0.2, 0.25) is 0 Å². The molecule has 0 aliphatic carbocycles. The standard InChI is InChI=1S/C17H15NO6/c1-2-11-23-16(19)12-5-9-15(10-6-12)24-17(20)13-3-7-14(8-4-13)18(21)22/h3-10H,2,11H2,1H3. The van der Waals surface area contributed by atoms with Gasteiger partial charge in [0, 0.05) is 12.1 Å². The first-order valence-electron chi connectivity index (χ1n) is 7.25. The van der Waals surface area contributed by atoms with Crippen LogP contribution < -0.4 is 4.74 Å². The molecule has 0 aliphatic rings. The number of nitro benzene ring substituents is 1. The van der Waals surface area contributed by atoms with Crippen LogP contribution in [0.5, 0.6) is 5.75 Å². The number of esters is 2. The van der Waals surface area contributed by atoms with Crippen LogP contribution in [0.25, 0.3) is 0 Å². The van der Waals surface area contributed by atoms with E-state index < -0.39 is 16.9 Å². The molecule has 2 rings (SSSR count). The van der Waals surface area contributed by atoms with Crippen LogP contribution >= 0.6 is 0 Å². The van der Waals surface area contributed by atoms with Gasteiger partial charge in [-0.05, 0) is 42.8 Å². The maximum Gasteiger partial charge on any atom is 0.343 e. The van der Waals surface area contributed by atoms with Gasteiger partial charge in [0.05, 0.1) is 22.7 Å². The highest BCUT2D eigenvalue weighted by atomic mass is 16.6. The second kappa shape index (κ2) is 7.87. The molecule has 2 aromatic carbocycles. The molecule has 0 N–H and O–H groups in total. The maximum atomic E-state index is 12.0. The molecule has 0 bridgehead atoms. The minimum Gasteiger partial charge on any atom is -0.462 e. The molecular formula is C17H15NO6. The predicted molar refractivity (Wildman–Crippen MR) is 85.1 cm³/mol. The van der Waals surface area contributed by atoms with E-state index in [-0.39, 0.29) is 17.0 Å². The first-order chi connectivity index (χ1) is 11.5. The van der Waals surface area contributed by atoms with Crippen molar-refractivity contribution in [3.8, 4) is 5.75 Å². The fourth-order valence-electron chi connectivity index (χ4n) is 1.82. The topological polar surface area (TPSA) is 95.7 Å². The van der Waals surface area contributed by atoms with E-state index in [1.54, 1.807) is 0 Å². The summed E-state index contributed by atoms with van der Waals surface area (Å²) in [6.45, 7) is 2.24. The molecule has 2 aromatic rings. The molecule has 0 amide bonds. The average molecular weight is 329 g/mol. The Morgan fingerprint density at radius 2 is 1.50 bits per heavy atom. The van der Waals surface area contributed by atoms with Gasteiger partial charge in [-0.2, -0.15) is 0 Å². The minimum atomic E-state index is -0.647. The zero-order valence-corrected chi connectivity index (χ0v) is 12.9. The molecule has 0 radical (unpaired) electrons. The van der Waals surface area contributed by atoms with Crippen LogP contribution in [0, 0.1) is 10.1 Å². The quantitative estimate of drug-likeness (QED) is 0.349. The maximum absolute atomic E-state index is 12.0. The van der Waals surface area contributed by atoms with Gasteiger partial charge >= 0.3 is 11.9 Å². The monoisotopic (exact) mass is 329 g/mol. The first kappa shape index (κ1) is 17.1. The van der Waals surface area contributed by atoms with Crippen LogP contribution in [-0.4, -0.2) is 23.5 Å². The average Bonchev–Trinajstić information content (AvgIpc) is 2.60. The normalized spacial score (nSPS) is 10.0. The largest absolute Gasteiger partial charge is 0.462 e. The number of ether oxygens (including phenoxy) is 2. The van der Waals surface area contributed by atoms with Crippen molar-refractivity contribution in [2.45, 2.75) is 13.3 Å². The van der Waals surface area contributed by atoms with Crippen LogP contribution in [0.1, 0.15) is 34.1 Å². The molecule has 0 atom stereocenters. The van der Waals surface area contributed by atoms with Crippen molar-refractivity contribution < 1.29 is 24.0 Å². The summed E-state index contributed by atoms with van der Waals surface area (Å²) >= 11 is 0. The summed E-state index contributed by atoms with van der Waals surface area (Å²) in [6.07, 6.45) is 0.733. The lowest BCUT2D eigenvalue weighted by Gasteiger charge is -2.06. The smallest absolute Gasteiger partial charge is 0.343 e. The van der Waals surface area contributed by atoms with Crippen LogP contribution in [0.15, 0.2) is 48.5 Å². The molecule has 7 nitrogen and oxygen atoms in total. The van der Waals surface area contributed by atoms with Gasteiger partial charge in [-0.3, -0.25) is 10.1 Å². The summed E-state index contributed by atoms with van der Waals surface area (Å²) in [5.74, 6) is -0.832. The summed E-state index contributed by atoms with van der Waals surface area (Å²) in [4.78, 5) is 33.7. The van der Waals surface area contributed by atoms with Crippen molar-refractivity contribution in [1.82, 2.24) is 0 Å². The number of carbonyl (C=O) groups is 2. The van der Waals surface area contributed by atoms with Crippen LogP contribution in [0.4, 0.5) is 5.69 Å². The molecular weight excluding hydrogens is 314 g/mol. The highest BCUT2D eigenvalue weighted by molar-refractivity contribution is 5.92. The number of benzene rings is 2. The van der Waals surface area contributed by atoms with Crippen molar-refractivity contribution in [3.63, 3.8) is 0 Å². The third kappa shape index (κ3) is 4.39. The molecule has 0 saturated heterocycles. The molecule has 24 heavy (non-hydrogen) atoms. The molecule has 0 heterocycles. The fourth-order valence-corrected chi connectivity index (χ4v) is 1.82. The minimum absolute atomic E-state index is 0.110. The van der Waals surface area contributed by atoms with E-state index in [4.69, 9.17) is 9.47 Å². The fraction of sp³-hybridized carbons (Fsp3) is 0.176. The first-order valence-corrected chi connectivity index (χ1v) is 7.25. The molecule has 0 fully saturated rings. The summed E-state index contributed by atoms with van der Waals surface area (Å²) in [5, 5.41) is 10.6. The van der Waals surface area contributed by atoms with Gasteiger partial charge in [-0.15, -0.1) is 0 Å². The summed E-state index contributed by atoms with van der Waals surface area (Å²) in [6, 6.07) is 11.0. The summed E-state index contributed by atoms with van der Waals surface area (Å²) in [5.41, 5.74) is 0.437. The van der Waals surface area contributed by atoms with Gasteiger partial charge in [-0.25, -0.2) is 9.59 Å². The van der Waals surface area contributed by atoms with Crippen LogP contribution in [0.3, 0.4) is 0 Å². The molecule has 0 aliphatic heterocycles. The summed E-state index contributed by atoms with van der Waals surface area (Å²) < 4.78 is 10.2. The second-order valence-electron chi connectivity index (χ2n) is 4.85. The van der Waals surface area contributed by atoms with Crippen LogP contribution in [-0.2, 0) is 4.74 Å². The second-order valence-corrected chi connectivity index (χ2v) is 4.85. The van der Waals surface area contributed by atoms with Crippen molar-refractivity contribution in [3.05, 3.63) is 69.8 Å². The predicted octanol–water partition coefficient (Wildman–Crippen LogP) is 3.38. The Hall–Kier alpha value is -3.22. The van der Waals surface area contributed by atoms with Gasteiger partial charge in [-0.1, -0.05) is 6.92 Å². The lowest BCUT2D eigenvalue weighted by atomic mass is 10.2. The van der Waals surface area contributed by atoms with Crippen molar-refractivity contribution in [2.75, 3.05) is 6.61 Å². The number of hydrogen-bond donors (Lipinski definition) is 0. The van der Waals surface area contributed by atoms with Gasteiger partial charge < -0.3 is 9.47 Å². The number of carbonyl (C=O) groups excluding carboxylic acids is 2. The Morgan fingerprint density at radius 3 is 2.04 bits per heavy atom. The van der Waals surface area contributed by atoms with Gasteiger partial charge in [0.1, 0.15) is 5.75 Å². The SMILES string of the molecule is CCCOC(=O)c1ccc(OC(=O)c2ccc([N+](=O)[O-])cc2)cc1. The number of nitro groups is 1. The van der Waals surface area contributed by atoms with E-state index in [2.05, 4.69) is 0 Å². The van der Waals surface area contributed by atoms with Crippen molar-refractivity contribution in [2.24, 2.45) is 0 Å². The van der Waals surface area contributed by atoms with E-state index >= 15 is 0 Å². The number of non-ortho nitro benzene ring substituents is 1. The Labute approximate surface area is 138 Å². The zero-order valence-electron chi connectivity index (χ0n) is 12.9. The highest BCUT2D eigenvalue weighted by Crippen LogP contribution is 2.17. The van der Waals surface area contributed by atoms with Crippen molar-refractivity contribution >= 4 is 17.6 Å². The lowest BCUT2D eigenvalue weighted by Crippen LogP contribution is -2.09. The Balaban J connectivity index is 2.01. The molecule has 7 heteroatoms. The number of rotatable bonds is 6. The van der Waals surface area contributed by atoms with Crippen LogP contribution in [0.2, 0.25) is 0 Å². The van der Waals surface area contributed by atoms with E-state index in [0.717, 1.165) is 6.42 Å². The molecule has 0 unspecified atom stereocenters. The molecule has 124 valence electrons. The Morgan fingerprint density at radius 1 is 0.958 bits per heavy atom. The highest BCUT2D eigenvalue weighted by Gasteiger charge is 2.12. The molecule has 0 spiro atoms. The molecule has 0 aromatic heterocycles.